The SMILES string of the molecule is COC(=Cc1ccccc1)C(=O)O.N=C=O. The topological polar surface area (TPSA) is 87.4 Å². The lowest BCUT2D eigenvalue weighted by Gasteiger charge is -1.99. The molecule has 0 radical (unpaired) electrons. The molecule has 1 aromatic rings. The first-order chi connectivity index (χ1) is 7.65. The maximum atomic E-state index is 10.5. The van der Waals surface area contributed by atoms with E-state index >= 15 is 0 Å². The molecule has 0 aliphatic carbocycles. The van der Waals surface area contributed by atoms with Crippen LogP contribution in [0.25, 0.3) is 6.08 Å². The Morgan fingerprint density at radius 1 is 1.44 bits per heavy atom. The Morgan fingerprint density at radius 2 is 1.94 bits per heavy atom. The number of aliphatic carboxylic acids is 1. The van der Waals surface area contributed by atoms with Crippen LogP contribution in [0, 0.1) is 5.41 Å². The number of nitrogens with one attached hydrogen (secondary N) is 1. The van der Waals surface area contributed by atoms with Crippen LogP contribution in [0.15, 0.2) is 36.1 Å². The van der Waals surface area contributed by atoms with Gasteiger partial charge in [-0.2, -0.15) is 0 Å². The molecule has 0 fully saturated rings. The molecule has 0 saturated heterocycles. The van der Waals surface area contributed by atoms with E-state index in [2.05, 4.69) is 4.74 Å². The normalized spacial score (nSPS) is 9.44. The molecule has 1 aromatic carbocycles. The summed E-state index contributed by atoms with van der Waals surface area (Å²) in [6.07, 6.45) is 2.22. The fourth-order valence-electron chi connectivity index (χ4n) is 0.909. The second-order valence-electron chi connectivity index (χ2n) is 2.53. The van der Waals surface area contributed by atoms with Crippen LogP contribution in [0.4, 0.5) is 0 Å². The lowest BCUT2D eigenvalue weighted by Crippen LogP contribution is -2.01. The summed E-state index contributed by atoms with van der Waals surface area (Å²) in [5.41, 5.74) is 0.807. The highest BCUT2D eigenvalue weighted by Crippen LogP contribution is 2.06. The molecule has 0 bridgehead atoms. The van der Waals surface area contributed by atoms with Gasteiger partial charge >= 0.3 is 5.97 Å². The third-order valence-corrected chi connectivity index (χ3v) is 1.53. The van der Waals surface area contributed by atoms with Crippen molar-refractivity contribution in [3.8, 4) is 0 Å². The van der Waals surface area contributed by atoms with E-state index in [1.54, 1.807) is 0 Å². The molecule has 0 atom stereocenters. The average Bonchev–Trinajstić information content (AvgIpc) is 2.28. The number of carbonyl (C=O) groups is 1. The minimum atomic E-state index is -1.06. The highest BCUT2D eigenvalue weighted by Gasteiger charge is 2.05. The maximum absolute atomic E-state index is 10.5. The fraction of sp³-hybridized carbons (Fsp3) is 0.0909. The molecule has 0 amide bonds. The minimum Gasteiger partial charge on any atom is -0.490 e. The molecule has 2 N–H and O–H groups in total. The van der Waals surface area contributed by atoms with Gasteiger partial charge in [0.05, 0.1) is 7.11 Å². The van der Waals surface area contributed by atoms with Gasteiger partial charge in [0.25, 0.3) is 0 Å². The van der Waals surface area contributed by atoms with Crippen molar-refractivity contribution >= 4 is 18.1 Å². The summed E-state index contributed by atoms with van der Waals surface area (Å²) in [7, 11) is 1.34. The Labute approximate surface area is 92.5 Å². The third kappa shape index (κ3) is 5.36. The van der Waals surface area contributed by atoms with Crippen LogP contribution >= 0.6 is 0 Å². The van der Waals surface area contributed by atoms with Crippen molar-refractivity contribution in [3.05, 3.63) is 41.7 Å². The molecule has 0 saturated carbocycles. The molecule has 0 aliphatic heterocycles. The van der Waals surface area contributed by atoms with Crippen molar-refractivity contribution in [3.63, 3.8) is 0 Å². The zero-order valence-electron chi connectivity index (χ0n) is 8.64. The molecule has 0 spiro atoms. The number of carboxylic acids is 1. The third-order valence-electron chi connectivity index (χ3n) is 1.53. The van der Waals surface area contributed by atoms with Crippen LogP contribution in [0.1, 0.15) is 5.56 Å². The molecule has 84 valence electrons. The van der Waals surface area contributed by atoms with Crippen LogP contribution in [0.5, 0.6) is 0 Å². The van der Waals surface area contributed by atoms with Gasteiger partial charge in [0.15, 0.2) is 0 Å². The molecule has 0 aliphatic rings. The van der Waals surface area contributed by atoms with Gasteiger partial charge in [0, 0.05) is 0 Å². The van der Waals surface area contributed by atoms with Crippen molar-refractivity contribution in [1.82, 2.24) is 0 Å². The van der Waals surface area contributed by atoms with Gasteiger partial charge in [-0.25, -0.2) is 15.0 Å². The summed E-state index contributed by atoms with van der Waals surface area (Å²) in [5.74, 6) is -1.13. The number of methoxy groups -OCH3 is 1. The number of hydrogen-bond donors (Lipinski definition) is 2. The quantitative estimate of drug-likeness (QED) is 0.351. The highest BCUT2D eigenvalue weighted by molar-refractivity contribution is 5.89. The summed E-state index contributed by atoms with van der Waals surface area (Å²) < 4.78 is 4.68. The molecular formula is C11H11NO4. The standard InChI is InChI=1S/C10H10O3.CHNO/c1-13-9(10(11)12)7-8-5-3-2-4-6-8;2-1-3/h2-7H,1H3,(H,11,12);2H. The van der Waals surface area contributed by atoms with Crippen LogP contribution in [0.3, 0.4) is 0 Å². The second-order valence-corrected chi connectivity index (χ2v) is 2.53. The molecule has 16 heavy (non-hydrogen) atoms. The number of isocyanates is 1. The summed E-state index contributed by atoms with van der Waals surface area (Å²) in [6, 6.07) is 9.15. The van der Waals surface area contributed by atoms with E-state index < -0.39 is 5.97 Å². The van der Waals surface area contributed by atoms with Crippen molar-refractivity contribution in [1.29, 1.82) is 5.41 Å². The first-order valence-corrected chi connectivity index (χ1v) is 4.23. The Morgan fingerprint density at radius 3 is 2.31 bits per heavy atom. The number of carboxylic acid groups (broad SMARTS) is 1. The minimum absolute atomic E-state index is 0.0637. The van der Waals surface area contributed by atoms with Crippen molar-refractivity contribution in [2.75, 3.05) is 7.11 Å². The fourth-order valence-corrected chi connectivity index (χ4v) is 0.909. The van der Waals surface area contributed by atoms with Gasteiger partial charge in [-0.15, -0.1) is 0 Å². The van der Waals surface area contributed by atoms with Gasteiger partial charge < -0.3 is 9.84 Å². The van der Waals surface area contributed by atoms with Gasteiger partial charge in [-0.1, -0.05) is 30.3 Å². The van der Waals surface area contributed by atoms with E-state index in [0.717, 1.165) is 11.6 Å². The van der Waals surface area contributed by atoms with E-state index in [0.29, 0.717) is 0 Å². The van der Waals surface area contributed by atoms with E-state index in [4.69, 9.17) is 15.3 Å². The van der Waals surface area contributed by atoms with E-state index in [-0.39, 0.29) is 5.76 Å². The summed E-state index contributed by atoms with van der Waals surface area (Å²) >= 11 is 0. The average molecular weight is 221 g/mol. The Balaban J connectivity index is 0.000000673. The van der Waals surface area contributed by atoms with Gasteiger partial charge in [0.1, 0.15) is 0 Å². The van der Waals surface area contributed by atoms with E-state index in [1.807, 2.05) is 30.3 Å². The molecule has 1 rings (SSSR count). The number of ether oxygens (including phenoxy) is 1. The molecule has 0 heterocycles. The number of carbonyl (C=O) groups excluding carboxylic acids is 1. The Kier molecular flexibility index (Phi) is 6.77. The Hall–Kier alpha value is -2.39. The van der Waals surface area contributed by atoms with E-state index in [1.165, 1.54) is 13.2 Å². The smallest absolute Gasteiger partial charge is 0.371 e. The first kappa shape index (κ1) is 13.6. The van der Waals surface area contributed by atoms with Crippen molar-refractivity contribution < 1.29 is 19.4 Å². The van der Waals surface area contributed by atoms with Crippen LogP contribution in [-0.4, -0.2) is 24.3 Å². The monoisotopic (exact) mass is 221 g/mol. The lowest BCUT2D eigenvalue weighted by atomic mass is 10.2. The molecule has 5 heteroatoms. The van der Waals surface area contributed by atoms with Crippen molar-refractivity contribution in [2.24, 2.45) is 0 Å². The zero-order valence-corrected chi connectivity index (χ0v) is 8.64. The van der Waals surface area contributed by atoms with Crippen molar-refractivity contribution in [2.45, 2.75) is 0 Å². The lowest BCUT2D eigenvalue weighted by molar-refractivity contribution is -0.135. The number of benzene rings is 1. The Bertz CT molecular complexity index is 392. The summed E-state index contributed by atoms with van der Waals surface area (Å²) in [5, 5.41) is 14.0. The summed E-state index contributed by atoms with van der Waals surface area (Å²) in [6.45, 7) is 0. The molecular weight excluding hydrogens is 210 g/mol. The predicted octanol–water partition coefficient (Wildman–Crippen LogP) is 1.66. The number of rotatable bonds is 3. The van der Waals surface area contributed by atoms with Crippen LogP contribution in [0.2, 0.25) is 0 Å². The van der Waals surface area contributed by atoms with Gasteiger partial charge in [0.2, 0.25) is 11.8 Å². The van der Waals surface area contributed by atoms with Gasteiger partial charge in [-0.05, 0) is 11.6 Å². The summed E-state index contributed by atoms with van der Waals surface area (Å²) in [4.78, 5) is 18.9. The largest absolute Gasteiger partial charge is 0.490 e. The maximum Gasteiger partial charge on any atom is 0.371 e. The second kappa shape index (κ2) is 7.96. The molecule has 5 nitrogen and oxygen atoms in total. The highest BCUT2D eigenvalue weighted by atomic mass is 16.5. The zero-order chi connectivity index (χ0) is 12.4. The van der Waals surface area contributed by atoms with Crippen LogP contribution in [-0.2, 0) is 14.3 Å². The number of hydrogen-bond acceptors (Lipinski definition) is 4. The molecule has 0 unspecified atom stereocenters. The molecule has 0 aromatic heterocycles. The van der Waals surface area contributed by atoms with Gasteiger partial charge in [-0.3, -0.25) is 0 Å². The van der Waals surface area contributed by atoms with Crippen LogP contribution < -0.4 is 0 Å². The van der Waals surface area contributed by atoms with E-state index in [9.17, 15) is 4.79 Å². The predicted molar refractivity (Wildman–Crippen MR) is 57.5 cm³/mol. The first-order valence-electron chi connectivity index (χ1n) is 4.23.